The molecule has 0 spiro atoms. The molecule has 1 aliphatic heterocycles. The van der Waals surface area contributed by atoms with Crippen LogP contribution in [0.4, 0.5) is 0 Å². The van der Waals surface area contributed by atoms with Gasteiger partial charge >= 0.3 is 0 Å². The molecule has 4 rings (SSSR count). The van der Waals surface area contributed by atoms with Crippen molar-refractivity contribution in [3.05, 3.63) is 46.5 Å². The molecule has 2 aromatic rings. The number of rotatable bonds is 7. The lowest BCUT2D eigenvalue weighted by Gasteiger charge is -2.48. The van der Waals surface area contributed by atoms with Crippen molar-refractivity contribution in [2.45, 2.75) is 69.9 Å². The molecule has 1 aromatic carbocycles. The van der Waals surface area contributed by atoms with Gasteiger partial charge < -0.3 is 15.7 Å². The quantitative estimate of drug-likeness (QED) is 0.508. The summed E-state index contributed by atoms with van der Waals surface area (Å²) < 4.78 is 1.20. The van der Waals surface area contributed by atoms with Crippen LogP contribution < -0.4 is 15.3 Å². The number of hydrogen-bond donors (Lipinski definition) is 3. The number of nitrogens with zero attached hydrogens (tertiary/aromatic N) is 2. The van der Waals surface area contributed by atoms with Gasteiger partial charge in [-0.25, -0.2) is 0 Å². The van der Waals surface area contributed by atoms with Crippen molar-refractivity contribution in [3.63, 3.8) is 0 Å². The van der Waals surface area contributed by atoms with E-state index in [0.717, 1.165) is 49.2 Å². The number of amides is 2. The first kappa shape index (κ1) is 25.0. The lowest BCUT2D eigenvalue weighted by Crippen LogP contribution is -2.63. The number of nitrogens with one attached hydrogen (secondary N) is 2. The highest BCUT2D eigenvalue weighted by molar-refractivity contribution is 7.25. The lowest BCUT2D eigenvalue weighted by atomic mass is 9.80. The molecule has 2 heterocycles. The molecular weight excluding hydrogens is 464 g/mol. The molecular formula is C25H36N4O3SSi. The average Bonchev–Trinajstić information content (AvgIpc) is 3.27. The third-order valence-corrected chi connectivity index (χ3v) is 11.4. The number of aromatic nitrogens is 1. The van der Waals surface area contributed by atoms with Gasteiger partial charge in [0.15, 0.2) is 0 Å². The van der Waals surface area contributed by atoms with Gasteiger partial charge in [-0.2, -0.15) is 0 Å². The highest BCUT2D eigenvalue weighted by Gasteiger charge is 2.41. The van der Waals surface area contributed by atoms with Crippen LogP contribution in [0.1, 0.15) is 46.5 Å². The topological polar surface area (TPSA) is 94.6 Å². The van der Waals surface area contributed by atoms with Crippen LogP contribution in [0.25, 0.3) is 0 Å². The van der Waals surface area contributed by atoms with E-state index in [2.05, 4.69) is 40.2 Å². The molecule has 1 aliphatic carbocycles. The minimum Gasteiger partial charge on any atom is -0.384 e. The molecule has 184 valence electrons. The monoisotopic (exact) mass is 500 g/mol. The zero-order valence-electron chi connectivity index (χ0n) is 20.6. The summed E-state index contributed by atoms with van der Waals surface area (Å²) in [7, 11) is -1.46. The first-order chi connectivity index (χ1) is 16.0. The van der Waals surface area contributed by atoms with Crippen molar-refractivity contribution < 1.29 is 14.7 Å². The second kappa shape index (κ2) is 9.89. The van der Waals surface area contributed by atoms with Crippen LogP contribution in [0.15, 0.2) is 30.5 Å². The Morgan fingerprint density at radius 2 is 1.94 bits per heavy atom. The van der Waals surface area contributed by atoms with Gasteiger partial charge in [0.25, 0.3) is 5.91 Å². The largest absolute Gasteiger partial charge is 0.384 e. The highest BCUT2D eigenvalue weighted by Crippen LogP contribution is 2.40. The first-order valence-electron chi connectivity index (χ1n) is 12.1. The number of benzene rings is 1. The van der Waals surface area contributed by atoms with Crippen molar-refractivity contribution >= 4 is 35.9 Å². The number of aryl methyl sites for hydroxylation is 1. The van der Waals surface area contributed by atoms with Crippen LogP contribution in [0.2, 0.25) is 19.6 Å². The van der Waals surface area contributed by atoms with Crippen molar-refractivity contribution in [2.75, 3.05) is 19.6 Å². The molecule has 2 aliphatic rings. The molecule has 34 heavy (non-hydrogen) atoms. The molecule has 1 saturated heterocycles. The molecule has 1 saturated carbocycles. The molecule has 0 radical (unpaired) electrons. The number of hydrogen-bond acceptors (Lipinski definition) is 6. The molecule has 3 N–H and O–H groups in total. The van der Waals surface area contributed by atoms with Crippen LogP contribution in [-0.2, 0) is 10.4 Å². The Kier molecular flexibility index (Phi) is 7.28. The normalized spacial score (nSPS) is 23.9. The maximum atomic E-state index is 12.3. The first-order valence-corrected chi connectivity index (χ1v) is 16.4. The summed E-state index contributed by atoms with van der Waals surface area (Å²) in [6.07, 6.45) is 5.30. The van der Waals surface area contributed by atoms with Gasteiger partial charge in [0, 0.05) is 30.9 Å². The van der Waals surface area contributed by atoms with Gasteiger partial charge in [-0.3, -0.25) is 19.5 Å². The van der Waals surface area contributed by atoms with Crippen molar-refractivity contribution in [1.82, 2.24) is 20.5 Å². The SMILES string of the molecule is Cc1cccc(C(=O)NCC(=O)NC2CN(C3CCC(O)(c4cnc([Si](C)(C)C)s4)CC3)C2)c1. The fourth-order valence-corrected chi connectivity index (χ4v) is 7.58. The Morgan fingerprint density at radius 3 is 2.56 bits per heavy atom. The van der Waals surface area contributed by atoms with Gasteiger partial charge in [0.1, 0.15) is 13.7 Å². The van der Waals surface area contributed by atoms with Gasteiger partial charge in [0.2, 0.25) is 5.91 Å². The Balaban J connectivity index is 1.18. The summed E-state index contributed by atoms with van der Waals surface area (Å²) in [5.41, 5.74) is 0.825. The van der Waals surface area contributed by atoms with Gasteiger partial charge in [-0.1, -0.05) is 37.3 Å². The minimum absolute atomic E-state index is 0.0198. The number of thiazole rings is 1. The van der Waals surface area contributed by atoms with E-state index >= 15 is 0 Å². The van der Waals surface area contributed by atoms with Crippen molar-refractivity contribution in [3.8, 4) is 0 Å². The zero-order valence-corrected chi connectivity index (χ0v) is 22.4. The number of likely N-dealkylation sites (tertiary alicyclic amines) is 1. The summed E-state index contributed by atoms with van der Waals surface area (Å²) in [5, 5.41) is 17.0. The average molecular weight is 501 g/mol. The molecule has 0 bridgehead atoms. The molecule has 1 aromatic heterocycles. The van der Waals surface area contributed by atoms with Crippen LogP contribution in [0.5, 0.6) is 0 Å². The minimum atomic E-state index is -1.46. The second-order valence-electron chi connectivity index (χ2n) is 10.8. The summed E-state index contributed by atoms with van der Waals surface area (Å²) in [6.45, 7) is 10.4. The predicted octanol–water partition coefficient (Wildman–Crippen LogP) is 2.36. The predicted molar refractivity (Wildman–Crippen MR) is 138 cm³/mol. The Hall–Kier alpha value is -2.07. The maximum absolute atomic E-state index is 12.3. The van der Waals surface area contributed by atoms with E-state index in [1.807, 2.05) is 31.3 Å². The van der Waals surface area contributed by atoms with E-state index in [9.17, 15) is 14.7 Å². The van der Waals surface area contributed by atoms with Crippen molar-refractivity contribution in [2.24, 2.45) is 0 Å². The second-order valence-corrected chi connectivity index (χ2v) is 17.2. The van der Waals surface area contributed by atoms with Crippen LogP contribution in [0.3, 0.4) is 0 Å². The van der Waals surface area contributed by atoms with Gasteiger partial charge in [0.05, 0.1) is 22.1 Å². The summed E-state index contributed by atoms with van der Waals surface area (Å²) in [4.78, 5) is 32.5. The Labute approximate surface area is 207 Å². The molecule has 9 heteroatoms. The smallest absolute Gasteiger partial charge is 0.251 e. The highest BCUT2D eigenvalue weighted by atomic mass is 32.1. The molecule has 2 fully saturated rings. The van der Waals surface area contributed by atoms with Crippen LogP contribution in [-0.4, -0.2) is 66.6 Å². The van der Waals surface area contributed by atoms with Crippen LogP contribution >= 0.6 is 11.3 Å². The third kappa shape index (κ3) is 5.76. The van der Waals surface area contributed by atoms with E-state index in [0.29, 0.717) is 11.6 Å². The fourth-order valence-electron chi connectivity index (χ4n) is 4.76. The molecule has 0 unspecified atom stereocenters. The molecule has 2 amide bonds. The number of carbonyl (C=O) groups excluding carboxylic acids is 2. The van der Waals surface area contributed by atoms with E-state index in [4.69, 9.17) is 0 Å². The van der Waals surface area contributed by atoms with Crippen LogP contribution in [0, 0.1) is 6.92 Å². The number of carbonyl (C=O) groups is 2. The van der Waals surface area contributed by atoms with E-state index in [1.165, 1.54) is 4.63 Å². The van der Waals surface area contributed by atoms with Crippen molar-refractivity contribution in [1.29, 1.82) is 0 Å². The molecule has 7 nitrogen and oxygen atoms in total. The fraction of sp³-hybridized carbons (Fsp3) is 0.560. The van der Waals surface area contributed by atoms with E-state index in [-0.39, 0.29) is 24.4 Å². The standard InChI is InChI=1S/C25H36N4O3SSi/c1-17-6-5-7-18(12-17)23(31)26-14-22(30)28-19-15-29(16-19)20-8-10-25(32,11-9-20)21-13-27-24(33-21)34(2,3)4/h5-7,12-13,19-20,32H,8-11,14-16H2,1-4H3,(H,26,31)(H,28,30). The Bertz CT molecular complexity index is 1040. The van der Waals surface area contributed by atoms with Gasteiger partial charge in [-0.05, 0) is 44.7 Å². The summed E-state index contributed by atoms with van der Waals surface area (Å²) in [6, 6.07) is 7.88. The lowest BCUT2D eigenvalue weighted by molar-refractivity contribution is -0.122. The summed E-state index contributed by atoms with van der Waals surface area (Å²) in [5.74, 6) is -0.395. The maximum Gasteiger partial charge on any atom is 0.251 e. The summed E-state index contributed by atoms with van der Waals surface area (Å²) >= 11 is 1.70. The van der Waals surface area contributed by atoms with E-state index in [1.54, 1.807) is 17.4 Å². The van der Waals surface area contributed by atoms with E-state index < -0.39 is 13.7 Å². The van der Waals surface area contributed by atoms with Gasteiger partial charge in [-0.15, -0.1) is 11.3 Å². The Morgan fingerprint density at radius 1 is 1.24 bits per heavy atom. The zero-order chi connectivity index (χ0) is 24.5. The molecule has 0 atom stereocenters. The third-order valence-electron chi connectivity index (χ3n) is 6.87. The number of aliphatic hydroxyl groups is 1.